The van der Waals surface area contributed by atoms with Gasteiger partial charge in [0.2, 0.25) is 0 Å². The quantitative estimate of drug-likeness (QED) is 0.908. The molecular formula is C18H28N2O. The normalized spacial score (nSPS) is 34.9. The van der Waals surface area contributed by atoms with Gasteiger partial charge in [-0.25, -0.2) is 0 Å². The van der Waals surface area contributed by atoms with Crippen molar-refractivity contribution >= 4 is 0 Å². The van der Waals surface area contributed by atoms with Crippen LogP contribution < -0.4 is 10.5 Å². The van der Waals surface area contributed by atoms with Gasteiger partial charge in [-0.3, -0.25) is 4.98 Å². The zero-order valence-electron chi connectivity index (χ0n) is 13.7. The van der Waals surface area contributed by atoms with Gasteiger partial charge in [0, 0.05) is 11.5 Å². The number of ether oxygens (including phenoxy) is 1. The highest BCUT2D eigenvalue weighted by Gasteiger charge is 2.62. The standard InChI is InChI=1S/C18H28N2O/c1-5-14(19)15-7-6-13(11-20-15)21-16-10-12-8-9-18(16,4)17(12,2)3/h6-7,11-12,14,16H,5,8-10,19H2,1-4H3/t12?,14-,16?,18?/m0/s1. The van der Waals surface area contributed by atoms with Crippen LogP contribution in [-0.2, 0) is 0 Å². The minimum Gasteiger partial charge on any atom is -0.488 e. The summed E-state index contributed by atoms with van der Waals surface area (Å²) in [6.45, 7) is 9.31. The molecule has 4 atom stereocenters. The van der Waals surface area contributed by atoms with Crippen molar-refractivity contribution in [2.24, 2.45) is 22.5 Å². The van der Waals surface area contributed by atoms with Gasteiger partial charge in [0.25, 0.3) is 0 Å². The number of rotatable bonds is 4. The van der Waals surface area contributed by atoms with Gasteiger partial charge in [-0.1, -0.05) is 27.7 Å². The molecule has 1 aromatic rings. The Kier molecular flexibility index (Phi) is 3.52. The van der Waals surface area contributed by atoms with Crippen molar-refractivity contribution in [3.05, 3.63) is 24.0 Å². The fourth-order valence-electron chi connectivity index (χ4n) is 4.36. The van der Waals surface area contributed by atoms with Gasteiger partial charge in [0.15, 0.2) is 0 Å². The van der Waals surface area contributed by atoms with Crippen molar-refractivity contribution in [1.29, 1.82) is 0 Å². The highest BCUT2D eigenvalue weighted by molar-refractivity contribution is 5.23. The molecule has 1 heterocycles. The highest BCUT2D eigenvalue weighted by atomic mass is 16.5. The summed E-state index contributed by atoms with van der Waals surface area (Å²) in [6.07, 6.45) is 6.88. The summed E-state index contributed by atoms with van der Waals surface area (Å²) >= 11 is 0. The molecule has 3 nitrogen and oxygen atoms in total. The van der Waals surface area contributed by atoms with E-state index in [2.05, 4.69) is 32.7 Å². The monoisotopic (exact) mass is 288 g/mol. The topological polar surface area (TPSA) is 48.1 Å². The molecule has 21 heavy (non-hydrogen) atoms. The third kappa shape index (κ3) is 2.17. The van der Waals surface area contributed by atoms with Gasteiger partial charge in [-0.2, -0.15) is 0 Å². The molecule has 2 bridgehead atoms. The van der Waals surface area contributed by atoms with E-state index in [4.69, 9.17) is 10.5 Å². The van der Waals surface area contributed by atoms with Crippen LogP contribution in [0.3, 0.4) is 0 Å². The Morgan fingerprint density at radius 2 is 2.14 bits per heavy atom. The molecule has 0 amide bonds. The van der Waals surface area contributed by atoms with E-state index in [0.717, 1.165) is 23.8 Å². The van der Waals surface area contributed by atoms with E-state index in [1.54, 1.807) is 0 Å². The Balaban J connectivity index is 1.74. The molecule has 2 aliphatic carbocycles. The third-order valence-electron chi connectivity index (χ3n) is 6.57. The molecule has 2 N–H and O–H groups in total. The molecule has 0 aromatic carbocycles. The Morgan fingerprint density at radius 1 is 1.38 bits per heavy atom. The number of hydrogen-bond acceptors (Lipinski definition) is 3. The van der Waals surface area contributed by atoms with Crippen LogP contribution >= 0.6 is 0 Å². The summed E-state index contributed by atoms with van der Waals surface area (Å²) in [5.74, 6) is 1.69. The van der Waals surface area contributed by atoms with E-state index in [0.29, 0.717) is 11.5 Å². The predicted octanol–water partition coefficient (Wildman–Crippen LogP) is 4.09. The summed E-state index contributed by atoms with van der Waals surface area (Å²) in [7, 11) is 0. The average Bonchev–Trinajstić information content (AvgIpc) is 2.80. The smallest absolute Gasteiger partial charge is 0.138 e. The van der Waals surface area contributed by atoms with Gasteiger partial charge < -0.3 is 10.5 Å². The number of nitrogens with two attached hydrogens (primary N) is 1. The van der Waals surface area contributed by atoms with Crippen LogP contribution in [0.15, 0.2) is 18.3 Å². The molecular weight excluding hydrogens is 260 g/mol. The van der Waals surface area contributed by atoms with Crippen molar-refractivity contribution in [3.63, 3.8) is 0 Å². The van der Waals surface area contributed by atoms with Crippen molar-refractivity contribution in [2.75, 3.05) is 0 Å². The molecule has 1 aromatic heterocycles. The van der Waals surface area contributed by atoms with E-state index < -0.39 is 0 Å². The highest BCUT2D eigenvalue weighted by Crippen LogP contribution is 2.66. The van der Waals surface area contributed by atoms with E-state index in [9.17, 15) is 0 Å². The Morgan fingerprint density at radius 3 is 2.62 bits per heavy atom. The predicted molar refractivity (Wildman–Crippen MR) is 85.1 cm³/mol. The van der Waals surface area contributed by atoms with Crippen molar-refractivity contribution < 1.29 is 4.74 Å². The first-order chi connectivity index (χ1) is 9.88. The fraction of sp³-hybridized carbons (Fsp3) is 0.722. The number of fused-ring (bicyclic) bond motifs is 2. The fourth-order valence-corrected chi connectivity index (χ4v) is 4.36. The molecule has 2 fully saturated rings. The maximum Gasteiger partial charge on any atom is 0.138 e. The van der Waals surface area contributed by atoms with Crippen LogP contribution in [0.2, 0.25) is 0 Å². The van der Waals surface area contributed by atoms with Crippen LogP contribution in [0.25, 0.3) is 0 Å². The van der Waals surface area contributed by atoms with Crippen LogP contribution in [0.5, 0.6) is 5.75 Å². The van der Waals surface area contributed by atoms with E-state index in [-0.39, 0.29) is 11.5 Å². The van der Waals surface area contributed by atoms with Crippen molar-refractivity contribution in [2.45, 2.75) is 65.5 Å². The summed E-state index contributed by atoms with van der Waals surface area (Å²) in [5.41, 5.74) is 7.63. The molecule has 3 heteroatoms. The minimum atomic E-state index is 0.0259. The van der Waals surface area contributed by atoms with Crippen molar-refractivity contribution in [3.8, 4) is 5.75 Å². The Bertz CT molecular complexity index is 510. The van der Waals surface area contributed by atoms with E-state index in [1.165, 1.54) is 19.3 Å². The van der Waals surface area contributed by atoms with E-state index in [1.807, 2.05) is 18.3 Å². The lowest BCUT2D eigenvalue weighted by Crippen LogP contribution is -2.38. The SMILES string of the molecule is CC[C@H](N)c1ccc(OC2CC3CCC2(C)C3(C)C)cn1. The zero-order chi connectivity index (χ0) is 15.3. The van der Waals surface area contributed by atoms with Gasteiger partial charge >= 0.3 is 0 Å². The summed E-state index contributed by atoms with van der Waals surface area (Å²) in [4.78, 5) is 4.46. The van der Waals surface area contributed by atoms with Gasteiger partial charge in [0.1, 0.15) is 11.9 Å². The number of pyridine rings is 1. The van der Waals surface area contributed by atoms with Crippen molar-refractivity contribution in [1.82, 2.24) is 4.98 Å². The Labute approximate surface area is 128 Å². The van der Waals surface area contributed by atoms with Gasteiger partial charge in [-0.15, -0.1) is 0 Å². The lowest BCUT2D eigenvalue weighted by atomic mass is 9.70. The molecule has 3 unspecified atom stereocenters. The van der Waals surface area contributed by atoms with Gasteiger partial charge in [-0.05, 0) is 49.1 Å². The summed E-state index contributed by atoms with van der Waals surface area (Å²) in [6, 6.07) is 4.06. The van der Waals surface area contributed by atoms with Gasteiger partial charge in [0.05, 0.1) is 11.9 Å². The second kappa shape index (κ2) is 4.98. The first-order valence-corrected chi connectivity index (χ1v) is 8.26. The molecule has 116 valence electrons. The maximum absolute atomic E-state index is 6.31. The largest absolute Gasteiger partial charge is 0.488 e. The maximum atomic E-state index is 6.31. The first-order valence-electron chi connectivity index (χ1n) is 8.26. The molecule has 2 aliphatic rings. The first kappa shape index (κ1) is 14.8. The van der Waals surface area contributed by atoms with E-state index >= 15 is 0 Å². The molecule has 0 saturated heterocycles. The number of aromatic nitrogens is 1. The molecule has 0 radical (unpaired) electrons. The lowest BCUT2D eigenvalue weighted by Gasteiger charge is -2.38. The average molecular weight is 288 g/mol. The van der Waals surface area contributed by atoms with Crippen LogP contribution in [0.1, 0.15) is 65.1 Å². The molecule has 0 aliphatic heterocycles. The van der Waals surface area contributed by atoms with Crippen LogP contribution in [0, 0.1) is 16.7 Å². The Hall–Kier alpha value is -1.09. The molecule has 0 spiro atoms. The van der Waals surface area contributed by atoms with Crippen LogP contribution in [0.4, 0.5) is 0 Å². The summed E-state index contributed by atoms with van der Waals surface area (Å²) < 4.78 is 6.31. The van der Waals surface area contributed by atoms with Crippen LogP contribution in [-0.4, -0.2) is 11.1 Å². The lowest BCUT2D eigenvalue weighted by molar-refractivity contribution is 0.0299. The second-order valence-corrected chi connectivity index (χ2v) is 7.65. The number of nitrogens with zero attached hydrogens (tertiary/aromatic N) is 1. The zero-order valence-corrected chi connectivity index (χ0v) is 13.7. The molecule has 3 rings (SSSR count). The number of hydrogen-bond donors (Lipinski definition) is 1. The third-order valence-corrected chi connectivity index (χ3v) is 6.57. The summed E-state index contributed by atoms with van der Waals surface area (Å²) in [5, 5.41) is 0. The molecule has 2 saturated carbocycles. The second-order valence-electron chi connectivity index (χ2n) is 7.65. The minimum absolute atomic E-state index is 0.0259.